The Hall–Kier alpha value is -1.51. The summed E-state index contributed by atoms with van der Waals surface area (Å²) < 4.78 is 0. The highest BCUT2D eigenvalue weighted by Crippen LogP contribution is 2.22. The van der Waals surface area contributed by atoms with E-state index in [1.165, 1.54) is 0 Å². The Labute approximate surface area is 116 Å². The summed E-state index contributed by atoms with van der Waals surface area (Å²) in [7, 11) is 0. The van der Waals surface area contributed by atoms with Crippen molar-refractivity contribution in [2.75, 3.05) is 5.32 Å². The van der Waals surface area contributed by atoms with Crippen molar-refractivity contribution in [1.82, 2.24) is 0 Å². The molecule has 1 N–H and O–H groups in total. The molecule has 0 radical (unpaired) electrons. The molecule has 0 bridgehead atoms. The van der Waals surface area contributed by atoms with E-state index in [-0.39, 0.29) is 5.91 Å². The second kappa shape index (κ2) is 5.42. The van der Waals surface area contributed by atoms with Crippen LogP contribution in [-0.4, -0.2) is 5.91 Å². The predicted molar refractivity (Wildman–Crippen MR) is 75.6 cm³/mol. The number of para-hydroxylation sites is 1. The molecular formula is C14H11Cl2NO. The standard InChI is InChI=1S/C14H11Cl2NO/c1-9-6-7-10(8-12(9)16)14(18)17-13-5-3-2-4-11(13)15/h2-8H,1H3,(H,17,18). The van der Waals surface area contributed by atoms with Crippen molar-refractivity contribution in [1.29, 1.82) is 0 Å². The fourth-order valence-corrected chi connectivity index (χ4v) is 1.85. The van der Waals surface area contributed by atoms with Crippen LogP contribution in [0.3, 0.4) is 0 Å². The third-order valence-electron chi connectivity index (χ3n) is 2.56. The first-order valence-corrected chi connectivity index (χ1v) is 6.15. The van der Waals surface area contributed by atoms with Gasteiger partial charge in [0, 0.05) is 10.6 Å². The highest BCUT2D eigenvalue weighted by Gasteiger charge is 2.09. The van der Waals surface area contributed by atoms with Crippen LogP contribution >= 0.6 is 23.2 Å². The van der Waals surface area contributed by atoms with Crippen LogP contribution in [0.25, 0.3) is 0 Å². The average Bonchev–Trinajstić information content (AvgIpc) is 2.35. The van der Waals surface area contributed by atoms with E-state index in [2.05, 4.69) is 5.32 Å². The Kier molecular flexibility index (Phi) is 3.90. The molecule has 0 aliphatic heterocycles. The summed E-state index contributed by atoms with van der Waals surface area (Å²) in [5, 5.41) is 3.82. The number of halogens is 2. The molecule has 1 amide bonds. The summed E-state index contributed by atoms with van der Waals surface area (Å²) in [5.41, 5.74) is 2.03. The first kappa shape index (κ1) is 12.9. The second-order valence-corrected chi connectivity index (χ2v) is 4.71. The number of amides is 1. The molecule has 0 saturated carbocycles. The summed E-state index contributed by atoms with van der Waals surface area (Å²) in [6, 6.07) is 12.3. The van der Waals surface area contributed by atoms with Crippen LogP contribution in [0.5, 0.6) is 0 Å². The number of carbonyl (C=O) groups is 1. The van der Waals surface area contributed by atoms with Gasteiger partial charge in [-0.1, -0.05) is 41.4 Å². The van der Waals surface area contributed by atoms with Gasteiger partial charge in [0.25, 0.3) is 5.91 Å². The van der Waals surface area contributed by atoms with Crippen LogP contribution in [0, 0.1) is 6.92 Å². The van der Waals surface area contributed by atoms with Crippen molar-refractivity contribution in [2.24, 2.45) is 0 Å². The molecular weight excluding hydrogens is 269 g/mol. The number of rotatable bonds is 2. The smallest absolute Gasteiger partial charge is 0.255 e. The number of hydrogen-bond donors (Lipinski definition) is 1. The molecule has 4 heteroatoms. The van der Waals surface area contributed by atoms with E-state index in [0.29, 0.717) is 21.3 Å². The van der Waals surface area contributed by atoms with Crippen LogP contribution in [0.15, 0.2) is 42.5 Å². The maximum absolute atomic E-state index is 12.0. The maximum Gasteiger partial charge on any atom is 0.255 e. The molecule has 0 heterocycles. The first-order valence-electron chi connectivity index (χ1n) is 5.40. The van der Waals surface area contributed by atoms with Gasteiger partial charge in [-0.15, -0.1) is 0 Å². The maximum atomic E-state index is 12.0. The van der Waals surface area contributed by atoms with Gasteiger partial charge in [0.1, 0.15) is 0 Å². The molecule has 0 aliphatic rings. The Morgan fingerprint density at radius 3 is 2.44 bits per heavy atom. The van der Waals surface area contributed by atoms with E-state index >= 15 is 0 Å². The lowest BCUT2D eigenvalue weighted by Crippen LogP contribution is -2.12. The van der Waals surface area contributed by atoms with E-state index in [1.54, 1.807) is 30.3 Å². The van der Waals surface area contributed by atoms with Gasteiger partial charge >= 0.3 is 0 Å². The minimum Gasteiger partial charge on any atom is -0.321 e. The quantitative estimate of drug-likeness (QED) is 0.858. The molecule has 2 aromatic carbocycles. The summed E-state index contributed by atoms with van der Waals surface area (Å²) >= 11 is 12.0. The molecule has 92 valence electrons. The molecule has 0 fully saturated rings. The third-order valence-corrected chi connectivity index (χ3v) is 3.29. The van der Waals surface area contributed by atoms with Gasteiger partial charge in [0.15, 0.2) is 0 Å². The van der Waals surface area contributed by atoms with Crippen molar-refractivity contribution in [3.63, 3.8) is 0 Å². The van der Waals surface area contributed by atoms with Crippen LogP contribution in [0.1, 0.15) is 15.9 Å². The Morgan fingerprint density at radius 1 is 1.06 bits per heavy atom. The molecule has 0 aromatic heterocycles. The van der Waals surface area contributed by atoms with Crippen LogP contribution in [0.4, 0.5) is 5.69 Å². The molecule has 18 heavy (non-hydrogen) atoms. The zero-order valence-corrected chi connectivity index (χ0v) is 11.2. The number of aryl methyl sites for hydroxylation is 1. The SMILES string of the molecule is Cc1ccc(C(=O)Nc2ccccc2Cl)cc1Cl. The predicted octanol–water partition coefficient (Wildman–Crippen LogP) is 4.55. The van der Waals surface area contributed by atoms with Crippen molar-refractivity contribution in [2.45, 2.75) is 6.92 Å². The number of nitrogens with one attached hydrogen (secondary N) is 1. The summed E-state index contributed by atoms with van der Waals surface area (Å²) in [6.45, 7) is 1.89. The van der Waals surface area contributed by atoms with E-state index in [1.807, 2.05) is 19.1 Å². The lowest BCUT2D eigenvalue weighted by molar-refractivity contribution is 0.102. The zero-order valence-electron chi connectivity index (χ0n) is 9.71. The van der Waals surface area contributed by atoms with Crippen LogP contribution in [0.2, 0.25) is 10.0 Å². The van der Waals surface area contributed by atoms with Gasteiger partial charge in [0.2, 0.25) is 0 Å². The van der Waals surface area contributed by atoms with Gasteiger partial charge in [0.05, 0.1) is 10.7 Å². The van der Waals surface area contributed by atoms with E-state index in [9.17, 15) is 4.79 Å². The lowest BCUT2D eigenvalue weighted by Gasteiger charge is -2.07. The largest absolute Gasteiger partial charge is 0.321 e. The minimum absolute atomic E-state index is 0.231. The average molecular weight is 280 g/mol. The molecule has 2 nitrogen and oxygen atoms in total. The summed E-state index contributed by atoms with van der Waals surface area (Å²) in [6.07, 6.45) is 0. The molecule has 0 aliphatic carbocycles. The van der Waals surface area contributed by atoms with Gasteiger partial charge in [-0.2, -0.15) is 0 Å². The number of benzene rings is 2. The van der Waals surface area contributed by atoms with Crippen molar-refractivity contribution >= 4 is 34.8 Å². The number of anilines is 1. The van der Waals surface area contributed by atoms with Crippen LogP contribution < -0.4 is 5.32 Å². The highest BCUT2D eigenvalue weighted by atomic mass is 35.5. The molecule has 2 rings (SSSR count). The summed E-state index contributed by atoms with van der Waals surface area (Å²) in [4.78, 5) is 12.0. The van der Waals surface area contributed by atoms with Gasteiger partial charge in [-0.05, 0) is 36.8 Å². The van der Waals surface area contributed by atoms with Gasteiger partial charge < -0.3 is 5.32 Å². The fourth-order valence-electron chi connectivity index (χ4n) is 1.49. The Balaban J connectivity index is 2.22. The second-order valence-electron chi connectivity index (χ2n) is 3.90. The normalized spacial score (nSPS) is 10.2. The Morgan fingerprint density at radius 2 is 1.78 bits per heavy atom. The third kappa shape index (κ3) is 2.84. The molecule has 0 atom stereocenters. The zero-order chi connectivity index (χ0) is 13.1. The molecule has 0 unspecified atom stereocenters. The topological polar surface area (TPSA) is 29.1 Å². The number of hydrogen-bond acceptors (Lipinski definition) is 1. The van der Waals surface area contributed by atoms with Crippen molar-refractivity contribution in [3.05, 3.63) is 63.6 Å². The van der Waals surface area contributed by atoms with Gasteiger partial charge in [-0.3, -0.25) is 4.79 Å². The minimum atomic E-state index is -0.231. The van der Waals surface area contributed by atoms with E-state index in [4.69, 9.17) is 23.2 Å². The van der Waals surface area contributed by atoms with E-state index < -0.39 is 0 Å². The molecule has 2 aromatic rings. The fraction of sp³-hybridized carbons (Fsp3) is 0.0714. The monoisotopic (exact) mass is 279 g/mol. The Bertz CT molecular complexity index is 596. The lowest BCUT2D eigenvalue weighted by atomic mass is 10.1. The highest BCUT2D eigenvalue weighted by molar-refractivity contribution is 6.34. The van der Waals surface area contributed by atoms with Crippen molar-refractivity contribution < 1.29 is 4.79 Å². The summed E-state index contributed by atoms with van der Waals surface area (Å²) in [5.74, 6) is -0.231. The van der Waals surface area contributed by atoms with E-state index in [0.717, 1.165) is 5.56 Å². The van der Waals surface area contributed by atoms with Crippen molar-refractivity contribution in [3.8, 4) is 0 Å². The molecule has 0 saturated heterocycles. The first-order chi connectivity index (χ1) is 8.58. The van der Waals surface area contributed by atoms with Crippen LogP contribution in [-0.2, 0) is 0 Å². The number of carbonyl (C=O) groups excluding carboxylic acids is 1. The molecule has 0 spiro atoms. The van der Waals surface area contributed by atoms with Gasteiger partial charge in [-0.25, -0.2) is 0 Å².